The molecule has 0 spiro atoms. The summed E-state index contributed by atoms with van der Waals surface area (Å²) in [5, 5.41) is 3.14. The van der Waals surface area contributed by atoms with Crippen molar-refractivity contribution >= 4 is 27.5 Å². The molecule has 0 bridgehead atoms. The van der Waals surface area contributed by atoms with Crippen LogP contribution in [0, 0.1) is 13.8 Å². The SMILES string of the molecule is Cc1ccc(N)c(C)c1CNC(=O)CBr. The van der Waals surface area contributed by atoms with Gasteiger partial charge in [0.1, 0.15) is 0 Å². The van der Waals surface area contributed by atoms with Gasteiger partial charge in [0, 0.05) is 12.2 Å². The third-order valence-corrected chi connectivity index (χ3v) is 2.97. The van der Waals surface area contributed by atoms with Gasteiger partial charge < -0.3 is 11.1 Å². The number of nitrogens with one attached hydrogen (secondary N) is 1. The molecule has 0 aliphatic rings. The number of nitrogen functional groups attached to an aromatic ring is 1. The van der Waals surface area contributed by atoms with Crippen LogP contribution in [0.5, 0.6) is 0 Å². The van der Waals surface area contributed by atoms with E-state index in [9.17, 15) is 4.79 Å². The van der Waals surface area contributed by atoms with Gasteiger partial charge in [0.25, 0.3) is 0 Å². The quantitative estimate of drug-likeness (QED) is 0.651. The molecule has 0 atom stereocenters. The van der Waals surface area contributed by atoms with Crippen LogP contribution in [0.1, 0.15) is 16.7 Å². The third kappa shape index (κ3) is 2.96. The highest BCUT2D eigenvalue weighted by Gasteiger charge is 2.06. The number of nitrogens with two attached hydrogens (primary N) is 1. The molecular formula is C11H15BrN2O. The van der Waals surface area contributed by atoms with E-state index in [4.69, 9.17) is 5.73 Å². The molecule has 3 nitrogen and oxygen atoms in total. The number of carbonyl (C=O) groups is 1. The Morgan fingerprint density at radius 3 is 2.73 bits per heavy atom. The first kappa shape index (κ1) is 12.0. The van der Waals surface area contributed by atoms with Crippen LogP contribution in [0.3, 0.4) is 0 Å². The zero-order chi connectivity index (χ0) is 11.4. The Hall–Kier alpha value is -1.03. The van der Waals surface area contributed by atoms with E-state index in [1.54, 1.807) is 0 Å². The summed E-state index contributed by atoms with van der Waals surface area (Å²) in [6.07, 6.45) is 0. The van der Waals surface area contributed by atoms with E-state index in [-0.39, 0.29) is 5.91 Å². The molecule has 1 aromatic rings. The number of hydrogen-bond acceptors (Lipinski definition) is 2. The van der Waals surface area contributed by atoms with Crippen LogP contribution in [0.15, 0.2) is 12.1 Å². The zero-order valence-corrected chi connectivity index (χ0v) is 10.5. The zero-order valence-electron chi connectivity index (χ0n) is 8.93. The fourth-order valence-corrected chi connectivity index (χ4v) is 1.61. The van der Waals surface area contributed by atoms with Gasteiger partial charge in [-0.2, -0.15) is 0 Å². The van der Waals surface area contributed by atoms with Crippen molar-refractivity contribution < 1.29 is 4.79 Å². The molecule has 0 fully saturated rings. The van der Waals surface area contributed by atoms with Crippen molar-refractivity contribution in [3.05, 3.63) is 28.8 Å². The Morgan fingerprint density at radius 1 is 1.47 bits per heavy atom. The van der Waals surface area contributed by atoms with E-state index < -0.39 is 0 Å². The number of benzene rings is 1. The lowest BCUT2D eigenvalue weighted by Crippen LogP contribution is -2.24. The van der Waals surface area contributed by atoms with Crippen LogP contribution < -0.4 is 11.1 Å². The number of anilines is 1. The van der Waals surface area contributed by atoms with E-state index in [1.807, 2.05) is 26.0 Å². The summed E-state index contributed by atoms with van der Waals surface area (Å²) in [5.74, 6) is -0.0174. The minimum absolute atomic E-state index is 0.0174. The lowest BCUT2D eigenvalue weighted by molar-refractivity contribution is -0.118. The lowest BCUT2D eigenvalue weighted by Gasteiger charge is -2.12. The molecule has 0 heterocycles. The van der Waals surface area contributed by atoms with Crippen molar-refractivity contribution in [3.8, 4) is 0 Å². The predicted octanol–water partition coefficient (Wildman–Crippen LogP) is 1.90. The standard InChI is InChI=1S/C11H15BrN2O/c1-7-3-4-10(13)8(2)9(7)6-14-11(15)5-12/h3-4H,5-6,13H2,1-2H3,(H,14,15). The molecule has 1 rings (SSSR count). The summed E-state index contributed by atoms with van der Waals surface area (Å²) in [6, 6.07) is 3.86. The number of halogens is 1. The number of alkyl halides is 1. The van der Waals surface area contributed by atoms with E-state index >= 15 is 0 Å². The maximum absolute atomic E-state index is 11.1. The van der Waals surface area contributed by atoms with Gasteiger partial charge in [-0.3, -0.25) is 4.79 Å². The second-order valence-electron chi connectivity index (χ2n) is 3.49. The van der Waals surface area contributed by atoms with Gasteiger partial charge in [-0.15, -0.1) is 0 Å². The van der Waals surface area contributed by atoms with Crippen molar-refractivity contribution in [1.82, 2.24) is 5.32 Å². The lowest BCUT2D eigenvalue weighted by atomic mass is 10.0. The highest BCUT2D eigenvalue weighted by Crippen LogP contribution is 2.19. The number of aryl methyl sites for hydroxylation is 1. The molecule has 0 aliphatic heterocycles. The van der Waals surface area contributed by atoms with Crippen molar-refractivity contribution in [2.75, 3.05) is 11.1 Å². The number of rotatable bonds is 3. The van der Waals surface area contributed by atoms with E-state index in [2.05, 4.69) is 21.2 Å². The number of carbonyl (C=O) groups excluding carboxylic acids is 1. The number of hydrogen-bond donors (Lipinski definition) is 2. The fraction of sp³-hybridized carbons (Fsp3) is 0.364. The van der Waals surface area contributed by atoms with Gasteiger partial charge >= 0.3 is 0 Å². The third-order valence-electron chi connectivity index (χ3n) is 2.46. The van der Waals surface area contributed by atoms with E-state index in [1.165, 1.54) is 0 Å². The van der Waals surface area contributed by atoms with Crippen LogP contribution in [0.25, 0.3) is 0 Å². The monoisotopic (exact) mass is 270 g/mol. The largest absolute Gasteiger partial charge is 0.399 e. The average molecular weight is 271 g/mol. The minimum Gasteiger partial charge on any atom is -0.399 e. The van der Waals surface area contributed by atoms with Crippen LogP contribution in [-0.2, 0) is 11.3 Å². The van der Waals surface area contributed by atoms with Crippen molar-refractivity contribution in [2.45, 2.75) is 20.4 Å². The Balaban J connectivity index is 2.84. The van der Waals surface area contributed by atoms with Crippen LogP contribution in [0.2, 0.25) is 0 Å². The Bertz CT molecular complexity index is 377. The highest BCUT2D eigenvalue weighted by molar-refractivity contribution is 9.09. The molecule has 1 aromatic carbocycles. The Labute approximate surface area is 98.2 Å². The maximum Gasteiger partial charge on any atom is 0.230 e. The normalized spacial score (nSPS) is 10.1. The van der Waals surface area contributed by atoms with Gasteiger partial charge in [-0.1, -0.05) is 22.0 Å². The first-order valence-corrected chi connectivity index (χ1v) is 5.85. The maximum atomic E-state index is 11.1. The summed E-state index contributed by atoms with van der Waals surface area (Å²) in [7, 11) is 0. The van der Waals surface area contributed by atoms with Gasteiger partial charge in [-0.05, 0) is 36.6 Å². The number of amides is 1. The van der Waals surface area contributed by atoms with Crippen molar-refractivity contribution in [1.29, 1.82) is 0 Å². The molecule has 1 amide bonds. The molecule has 0 saturated heterocycles. The Morgan fingerprint density at radius 2 is 2.13 bits per heavy atom. The smallest absolute Gasteiger partial charge is 0.230 e. The molecule has 4 heteroatoms. The molecule has 0 unspecified atom stereocenters. The summed E-state index contributed by atoms with van der Waals surface area (Å²) in [6.45, 7) is 4.52. The molecule has 0 saturated carbocycles. The first-order valence-electron chi connectivity index (χ1n) is 4.73. The topological polar surface area (TPSA) is 55.1 Å². The van der Waals surface area contributed by atoms with Crippen LogP contribution >= 0.6 is 15.9 Å². The molecule has 0 radical (unpaired) electrons. The second kappa shape index (κ2) is 5.16. The fourth-order valence-electron chi connectivity index (χ4n) is 1.42. The van der Waals surface area contributed by atoms with E-state index in [0.29, 0.717) is 11.9 Å². The molecule has 82 valence electrons. The van der Waals surface area contributed by atoms with Gasteiger partial charge in [0.15, 0.2) is 0 Å². The van der Waals surface area contributed by atoms with Gasteiger partial charge in [0.05, 0.1) is 5.33 Å². The summed E-state index contributed by atoms with van der Waals surface area (Å²) < 4.78 is 0. The van der Waals surface area contributed by atoms with Gasteiger partial charge in [0.2, 0.25) is 5.91 Å². The average Bonchev–Trinajstić information content (AvgIpc) is 2.23. The van der Waals surface area contributed by atoms with E-state index in [0.717, 1.165) is 22.4 Å². The molecule has 15 heavy (non-hydrogen) atoms. The summed E-state index contributed by atoms with van der Waals surface area (Å²) in [5.41, 5.74) is 9.87. The molecule has 0 aromatic heterocycles. The van der Waals surface area contributed by atoms with Crippen LogP contribution in [-0.4, -0.2) is 11.2 Å². The van der Waals surface area contributed by atoms with Crippen LogP contribution in [0.4, 0.5) is 5.69 Å². The first-order chi connectivity index (χ1) is 7.06. The van der Waals surface area contributed by atoms with Crippen molar-refractivity contribution in [2.24, 2.45) is 0 Å². The predicted molar refractivity (Wildman–Crippen MR) is 66.0 cm³/mol. The summed E-state index contributed by atoms with van der Waals surface area (Å²) in [4.78, 5) is 11.1. The highest BCUT2D eigenvalue weighted by atomic mass is 79.9. The minimum atomic E-state index is -0.0174. The molecule has 0 aliphatic carbocycles. The summed E-state index contributed by atoms with van der Waals surface area (Å²) >= 11 is 3.10. The molecule has 3 N–H and O–H groups in total. The second-order valence-corrected chi connectivity index (χ2v) is 4.05. The Kier molecular flexibility index (Phi) is 4.15. The molecular weight excluding hydrogens is 256 g/mol. The van der Waals surface area contributed by atoms with Gasteiger partial charge in [-0.25, -0.2) is 0 Å². The van der Waals surface area contributed by atoms with Crippen molar-refractivity contribution in [3.63, 3.8) is 0 Å².